The van der Waals surface area contributed by atoms with Gasteiger partial charge in [0.1, 0.15) is 6.42 Å². The number of carbonyl (C=O) groups is 2. The van der Waals surface area contributed by atoms with Gasteiger partial charge in [-0.15, -0.1) is 0 Å². The first-order chi connectivity index (χ1) is 10.6. The van der Waals surface area contributed by atoms with Gasteiger partial charge in [-0.3, -0.25) is 9.59 Å². The van der Waals surface area contributed by atoms with Gasteiger partial charge in [0.2, 0.25) is 11.8 Å². The molecular weight excluding hydrogens is 284 g/mol. The molecule has 0 saturated heterocycles. The summed E-state index contributed by atoms with van der Waals surface area (Å²) in [5.74, 6) is 0.466. The normalized spacial score (nSPS) is 9.95. The van der Waals surface area contributed by atoms with Crippen LogP contribution in [0.2, 0.25) is 0 Å². The topological polar surface area (TPSA) is 76.7 Å². The van der Waals surface area contributed by atoms with Crippen LogP contribution in [-0.4, -0.2) is 32.6 Å². The minimum atomic E-state index is -0.361. The van der Waals surface area contributed by atoms with Gasteiger partial charge in [0.15, 0.2) is 11.5 Å². The van der Waals surface area contributed by atoms with E-state index < -0.39 is 0 Å². The summed E-state index contributed by atoms with van der Waals surface area (Å²) in [6.07, 6.45) is 2.90. The Hall–Kier alpha value is -2.24. The zero-order valence-corrected chi connectivity index (χ0v) is 13.4. The van der Waals surface area contributed by atoms with E-state index in [0.717, 1.165) is 19.3 Å². The number of benzene rings is 1. The quantitative estimate of drug-likeness (QED) is 0.542. The lowest BCUT2D eigenvalue weighted by Crippen LogP contribution is -2.28. The molecule has 0 saturated carbocycles. The number of hydrogen-bond acceptors (Lipinski definition) is 4. The van der Waals surface area contributed by atoms with Crippen molar-refractivity contribution in [3.05, 3.63) is 18.2 Å². The smallest absolute Gasteiger partial charge is 0.233 e. The van der Waals surface area contributed by atoms with Crippen LogP contribution in [0.15, 0.2) is 18.2 Å². The highest BCUT2D eigenvalue weighted by atomic mass is 16.5. The van der Waals surface area contributed by atoms with Crippen LogP contribution in [0.4, 0.5) is 5.69 Å². The lowest BCUT2D eigenvalue weighted by atomic mass is 10.2. The summed E-state index contributed by atoms with van der Waals surface area (Å²) in [5.41, 5.74) is 0.557. The molecule has 0 aromatic heterocycles. The van der Waals surface area contributed by atoms with Gasteiger partial charge in [-0.25, -0.2) is 0 Å². The maximum Gasteiger partial charge on any atom is 0.233 e. The molecule has 0 unspecified atom stereocenters. The minimum absolute atomic E-state index is 0.194. The van der Waals surface area contributed by atoms with E-state index in [2.05, 4.69) is 17.6 Å². The molecule has 2 N–H and O–H groups in total. The second kappa shape index (κ2) is 9.65. The molecule has 0 bridgehead atoms. The number of methoxy groups -OCH3 is 2. The molecule has 0 aliphatic carbocycles. The minimum Gasteiger partial charge on any atom is -0.493 e. The fourth-order valence-electron chi connectivity index (χ4n) is 1.93. The highest BCUT2D eigenvalue weighted by Gasteiger charge is 2.11. The highest BCUT2D eigenvalue weighted by molar-refractivity contribution is 6.03. The van der Waals surface area contributed by atoms with Crippen molar-refractivity contribution in [3.63, 3.8) is 0 Å². The molecule has 0 radical (unpaired) electrons. The van der Waals surface area contributed by atoms with E-state index in [1.54, 1.807) is 25.3 Å². The Morgan fingerprint density at radius 2 is 1.77 bits per heavy atom. The Morgan fingerprint density at radius 1 is 1.05 bits per heavy atom. The molecule has 1 aromatic carbocycles. The van der Waals surface area contributed by atoms with Crippen LogP contribution in [-0.2, 0) is 9.59 Å². The van der Waals surface area contributed by atoms with Gasteiger partial charge in [-0.1, -0.05) is 19.8 Å². The van der Waals surface area contributed by atoms with E-state index in [4.69, 9.17) is 9.47 Å². The summed E-state index contributed by atoms with van der Waals surface area (Å²) in [5, 5.41) is 5.40. The summed E-state index contributed by atoms with van der Waals surface area (Å²) in [7, 11) is 3.06. The van der Waals surface area contributed by atoms with Crippen molar-refractivity contribution in [2.24, 2.45) is 0 Å². The third-order valence-electron chi connectivity index (χ3n) is 3.09. The van der Waals surface area contributed by atoms with Gasteiger partial charge >= 0.3 is 0 Å². The molecule has 22 heavy (non-hydrogen) atoms. The van der Waals surface area contributed by atoms with E-state index in [9.17, 15) is 9.59 Å². The molecule has 0 atom stereocenters. The number of unbranched alkanes of at least 4 members (excludes halogenated alkanes) is 2. The summed E-state index contributed by atoms with van der Waals surface area (Å²) in [6.45, 7) is 2.70. The van der Waals surface area contributed by atoms with Gasteiger partial charge in [0.25, 0.3) is 0 Å². The number of nitrogens with one attached hydrogen (secondary N) is 2. The van der Waals surface area contributed by atoms with Crippen LogP contribution in [0.25, 0.3) is 0 Å². The predicted molar refractivity (Wildman–Crippen MR) is 85.3 cm³/mol. The van der Waals surface area contributed by atoms with Crippen molar-refractivity contribution in [3.8, 4) is 11.5 Å². The number of ether oxygens (including phenoxy) is 2. The van der Waals surface area contributed by atoms with E-state index in [1.807, 2.05) is 0 Å². The van der Waals surface area contributed by atoms with Crippen LogP contribution in [0.1, 0.15) is 32.6 Å². The van der Waals surface area contributed by atoms with Gasteiger partial charge in [0.05, 0.1) is 14.2 Å². The third-order valence-corrected chi connectivity index (χ3v) is 3.09. The lowest BCUT2D eigenvalue weighted by Gasteiger charge is -2.10. The Bertz CT molecular complexity index is 503. The fraction of sp³-hybridized carbons (Fsp3) is 0.500. The second-order valence-corrected chi connectivity index (χ2v) is 4.85. The monoisotopic (exact) mass is 308 g/mol. The Morgan fingerprint density at radius 3 is 2.41 bits per heavy atom. The Labute approximate surface area is 131 Å². The molecule has 0 aliphatic rings. The first kappa shape index (κ1) is 17.8. The maximum absolute atomic E-state index is 11.8. The number of anilines is 1. The second-order valence-electron chi connectivity index (χ2n) is 4.85. The SMILES string of the molecule is CCCCCNC(=O)CC(=O)Nc1ccc(OC)c(OC)c1. The van der Waals surface area contributed by atoms with Crippen molar-refractivity contribution in [2.75, 3.05) is 26.1 Å². The first-order valence-electron chi connectivity index (χ1n) is 7.39. The van der Waals surface area contributed by atoms with Gasteiger partial charge in [-0.2, -0.15) is 0 Å². The molecule has 1 aromatic rings. The molecule has 1 rings (SSSR count). The highest BCUT2D eigenvalue weighted by Crippen LogP contribution is 2.29. The van der Waals surface area contributed by atoms with Crippen LogP contribution >= 0.6 is 0 Å². The Balaban J connectivity index is 2.46. The molecular formula is C16H24N2O4. The summed E-state index contributed by atoms with van der Waals surface area (Å²) < 4.78 is 10.3. The van der Waals surface area contributed by atoms with Gasteiger partial charge < -0.3 is 20.1 Å². The largest absolute Gasteiger partial charge is 0.493 e. The molecule has 2 amide bonds. The average Bonchev–Trinajstić information content (AvgIpc) is 2.51. The van der Waals surface area contributed by atoms with E-state index in [-0.39, 0.29) is 18.2 Å². The van der Waals surface area contributed by atoms with Crippen LogP contribution in [0, 0.1) is 0 Å². The van der Waals surface area contributed by atoms with Gasteiger partial charge in [-0.05, 0) is 18.6 Å². The molecule has 0 spiro atoms. The summed E-state index contributed by atoms with van der Waals surface area (Å²) in [6, 6.07) is 5.04. The van der Waals surface area contributed by atoms with Crippen LogP contribution in [0.5, 0.6) is 11.5 Å². The first-order valence-corrected chi connectivity index (χ1v) is 7.39. The van der Waals surface area contributed by atoms with Crippen molar-refractivity contribution in [1.82, 2.24) is 5.32 Å². The molecule has 0 fully saturated rings. The zero-order valence-electron chi connectivity index (χ0n) is 13.4. The molecule has 0 heterocycles. The van der Waals surface area contributed by atoms with E-state index in [1.165, 1.54) is 7.11 Å². The Kier molecular flexibility index (Phi) is 7.81. The van der Waals surface area contributed by atoms with Crippen molar-refractivity contribution >= 4 is 17.5 Å². The standard InChI is InChI=1S/C16H24N2O4/c1-4-5-6-9-17-15(19)11-16(20)18-12-7-8-13(21-2)14(10-12)22-3/h7-8,10H,4-6,9,11H2,1-3H3,(H,17,19)(H,18,20). The summed E-state index contributed by atoms with van der Waals surface area (Å²) >= 11 is 0. The molecule has 122 valence electrons. The number of amides is 2. The zero-order chi connectivity index (χ0) is 16.4. The maximum atomic E-state index is 11.8. The molecule has 0 aliphatic heterocycles. The fourth-order valence-corrected chi connectivity index (χ4v) is 1.93. The number of rotatable bonds is 9. The van der Waals surface area contributed by atoms with E-state index >= 15 is 0 Å². The number of carbonyl (C=O) groups excluding carboxylic acids is 2. The van der Waals surface area contributed by atoms with E-state index in [0.29, 0.717) is 23.7 Å². The summed E-state index contributed by atoms with van der Waals surface area (Å²) in [4.78, 5) is 23.4. The predicted octanol–water partition coefficient (Wildman–Crippen LogP) is 2.34. The molecule has 6 nitrogen and oxygen atoms in total. The lowest BCUT2D eigenvalue weighted by molar-refractivity contribution is -0.126. The average molecular weight is 308 g/mol. The van der Waals surface area contributed by atoms with Crippen LogP contribution in [0.3, 0.4) is 0 Å². The van der Waals surface area contributed by atoms with Crippen molar-refractivity contribution in [1.29, 1.82) is 0 Å². The van der Waals surface area contributed by atoms with Crippen molar-refractivity contribution in [2.45, 2.75) is 32.6 Å². The van der Waals surface area contributed by atoms with Crippen LogP contribution < -0.4 is 20.1 Å². The van der Waals surface area contributed by atoms with Crippen molar-refractivity contribution < 1.29 is 19.1 Å². The number of hydrogen-bond donors (Lipinski definition) is 2. The third kappa shape index (κ3) is 6.03. The van der Waals surface area contributed by atoms with Gasteiger partial charge in [0, 0.05) is 18.3 Å². The molecule has 6 heteroatoms.